The molecule has 0 saturated carbocycles. The van der Waals surface area contributed by atoms with E-state index < -0.39 is 21.0 Å². The van der Waals surface area contributed by atoms with E-state index in [0.717, 1.165) is 4.90 Å². The van der Waals surface area contributed by atoms with E-state index in [1.54, 1.807) is 37.3 Å². The molecule has 11 heteroatoms. The summed E-state index contributed by atoms with van der Waals surface area (Å²) in [6.07, 6.45) is 1.50. The summed E-state index contributed by atoms with van der Waals surface area (Å²) in [6, 6.07) is 8.16. The fraction of sp³-hybridized carbons (Fsp3) is 0.263. The van der Waals surface area contributed by atoms with E-state index in [0.29, 0.717) is 23.4 Å². The second kappa shape index (κ2) is 9.94. The van der Waals surface area contributed by atoms with Crippen molar-refractivity contribution in [1.29, 1.82) is 0 Å². The molecule has 10 nitrogen and oxygen atoms in total. The SMILES string of the molecule is C/C(=C(\CCOC(=O)c1ccccc1)S(=O)(=O)O)N(C=O)Cc1cnc(C)nc1N. The van der Waals surface area contributed by atoms with Gasteiger partial charge in [0.25, 0.3) is 10.1 Å². The Hall–Kier alpha value is -3.31. The zero-order chi connectivity index (χ0) is 22.3. The van der Waals surface area contributed by atoms with Gasteiger partial charge in [-0.3, -0.25) is 9.35 Å². The van der Waals surface area contributed by atoms with E-state index >= 15 is 0 Å². The Kier molecular flexibility index (Phi) is 7.61. The number of nitrogens with two attached hydrogens (primary N) is 1. The van der Waals surface area contributed by atoms with Crippen LogP contribution in [-0.2, 0) is 26.2 Å². The topological polar surface area (TPSA) is 153 Å². The average molecular weight is 434 g/mol. The molecule has 1 aromatic heterocycles. The van der Waals surface area contributed by atoms with Crippen LogP contribution in [0.4, 0.5) is 5.82 Å². The van der Waals surface area contributed by atoms with Crippen LogP contribution in [0.3, 0.4) is 0 Å². The standard InChI is InChI=1S/C19H22N4O6S/c1-13(23(12-24)11-16-10-21-14(2)22-18(16)20)17(30(26,27)28)8-9-29-19(25)15-6-4-3-5-7-15/h3-7,10,12H,8-9,11H2,1-2H3,(H2,20,21,22)(H,26,27,28)/b17-13-. The van der Waals surface area contributed by atoms with Gasteiger partial charge in [0.15, 0.2) is 0 Å². The monoisotopic (exact) mass is 434 g/mol. The van der Waals surface area contributed by atoms with Gasteiger partial charge >= 0.3 is 5.97 Å². The van der Waals surface area contributed by atoms with Crippen LogP contribution in [-0.4, -0.2) is 46.8 Å². The number of hydrogen-bond acceptors (Lipinski definition) is 8. The average Bonchev–Trinajstić information content (AvgIpc) is 2.70. The van der Waals surface area contributed by atoms with Crippen LogP contribution in [0.25, 0.3) is 0 Å². The number of rotatable bonds is 9. The van der Waals surface area contributed by atoms with Crippen molar-refractivity contribution in [3.05, 3.63) is 64.1 Å². The van der Waals surface area contributed by atoms with E-state index in [9.17, 15) is 22.6 Å². The smallest absolute Gasteiger partial charge is 0.338 e. The van der Waals surface area contributed by atoms with Crippen molar-refractivity contribution in [3.8, 4) is 0 Å². The zero-order valence-electron chi connectivity index (χ0n) is 16.5. The van der Waals surface area contributed by atoms with Crippen LogP contribution >= 0.6 is 0 Å². The molecule has 0 fully saturated rings. The summed E-state index contributed by atoms with van der Waals surface area (Å²) < 4.78 is 38.4. The summed E-state index contributed by atoms with van der Waals surface area (Å²) in [4.78, 5) is 32.2. The molecular formula is C19H22N4O6S. The molecule has 2 aromatic rings. The second-order valence-corrected chi connectivity index (χ2v) is 7.74. The molecule has 30 heavy (non-hydrogen) atoms. The highest BCUT2D eigenvalue weighted by molar-refractivity contribution is 7.89. The lowest BCUT2D eigenvalue weighted by Crippen LogP contribution is -2.24. The molecule has 0 bridgehead atoms. The van der Waals surface area contributed by atoms with Crippen LogP contribution in [0.2, 0.25) is 0 Å². The van der Waals surface area contributed by atoms with Crippen LogP contribution < -0.4 is 5.73 Å². The number of carbonyl (C=O) groups is 2. The summed E-state index contributed by atoms with van der Waals surface area (Å²) in [5.74, 6) is -0.0490. The molecule has 0 atom stereocenters. The third-order valence-corrected chi connectivity index (χ3v) is 5.33. The molecule has 1 aromatic carbocycles. The number of nitrogen functional groups attached to an aromatic ring is 1. The second-order valence-electron chi connectivity index (χ2n) is 6.30. The van der Waals surface area contributed by atoms with E-state index in [4.69, 9.17) is 10.5 Å². The molecule has 160 valence electrons. The highest BCUT2D eigenvalue weighted by Crippen LogP contribution is 2.21. The van der Waals surface area contributed by atoms with Crippen molar-refractivity contribution < 1.29 is 27.3 Å². The first-order valence-corrected chi connectivity index (χ1v) is 10.3. The van der Waals surface area contributed by atoms with Crippen LogP contribution in [0.15, 0.2) is 47.1 Å². The number of allylic oxidation sites excluding steroid dienone is 1. The highest BCUT2D eigenvalue weighted by Gasteiger charge is 2.22. The maximum Gasteiger partial charge on any atom is 0.338 e. The molecule has 1 heterocycles. The minimum Gasteiger partial charge on any atom is -0.462 e. The first-order valence-electron chi connectivity index (χ1n) is 8.82. The lowest BCUT2D eigenvalue weighted by atomic mass is 10.2. The Morgan fingerprint density at radius 2 is 1.97 bits per heavy atom. The Bertz CT molecular complexity index is 1050. The van der Waals surface area contributed by atoms with Gasteiger partial charge in [0, 0.05) is 23.9 Å². The molecule has 0 radical (unpaired) electrons. The number of anilines is 1. The van der Waals surface area contributed by atoms with Crippen molar-refractivity contribution in [1.82, 2.24) is 14.9 Å². The molecule has 0 aliphatic carbocycles. The maximum absolute atomic E-state index is 12.0. The third kappa shape index (κ3) is 6.09. The minimum atomic E-state index is -4.67. The fourth-order valence-electron chi connectivity index (χ4n) is 2.60. The molecule has 0 saturated heterocycles. The van der Waals surface area contributed by atoms with Crippen LogP contribution in [0.1, 0.15) is 35.1 Å². The number of carbonyl (C=O) groups excluding carboxylic acids is 2. The van der Waals surface area contributed by atoms with E-state index in [-0.39, 0.29) is 31.1 Å². The molecule has 3 N–H and O–H groups in total. The normalized spacial score (nSPS) is 12.1. The Morgan fingerprint density at radius 1 is 1.30 bits per heavy atom. The summed E-state index contributed by atoms with van der Waals surface area (Å²) in [7, 11) is -4.67. The van der Waals surface area contributed by atoms with E-state index in [2.05, 4.69) is 9.97 Å². The number of ether oxygens (including phenoxy) is 1. The number of aromatic nitrogens is 2. The first kappa shape index (κ1) is 23.0. The maximum atomic E-state index is 12.0. The van der Waals surface area contributed by atoms with E-state index in [1.165, 1.54) is 13.1 Å². The van der Waals surface area contributed by atoms with Gasteiger partial charge < -0.3 is 15.4 Å². The predicted octanol–water partition coefficient (Wildman–Crippen LogP) is 1.69. The Labute approximate surface area is 174 Å². The molecular weight excluding hydrogens is 412 g/mol. The van der Waals surface area contributed by atoms with Crippen molar-refractivity contribution in [2.75, 3.05) is 12.3 Å². The fourth-order valence-corrected chi connectivity index (χ4v) is 3.44. The van der Waals surface area contributed by atoms with Gasteiger partial charge in [-0.1, -0.05) is 18.2 Å². The summed E-state index contributed by atoms with van der Waals surface area (Å²) in [5.41, 5.74) is 6.48. The number of aryl methyl sites for hydroxylation is 1. The van der Waals surface area contributed by atoms with E-state index in [1.807, 2.05) is 0 Å². The van der Waals surface area contributed by atoms with Gasteiger partial charge in [0.05, 0.1) is 23.6 Å². The molecule has 0 spiro atoms. The number of amides is 1. The molecule has 0 unspecified atom stereocenters. The van der Waals surface area contributed by atoms with Gasteiger partial charge in [-0.25, -0.2) is 14.8 Å². The van der Waals surface area contributed by atoms with Crippen LogP contribution in [0, 0.1) is 6.92 Å². The van der Waals surface area contributed by atoms with Gasteiger partial charge in [0.1, 0.15) is 11.6 Å². The summed E-state index contributed by atoms with van der Waals surface area (Å²) in [5, 5.41) is 0. The summed E-state index contributed by atoms with van der Waals surface area (Å²) >= 11 is 0. The lowest BCUT2D eigenvalue weighted by Gasteiger charge is -2.21. The van der Waals surface area contributed by atoms with Gasteiger partial charge in [-0.05, 0) is 26.0 Å². The van der Waals surface area contributed by atoms with Crippen LogP contribution in [0.5, 0.6) is 0 Å². The van der Waals surface area contributed by atoms with Crippen molar-refractivity contribution in [2.24, 2.45) is 0 Å². The Morgan fingerprint density at radius 3 is 2.53 bits per heavy atom. The minimum absolute atomic E-state index is 0.0387. The zero-order valence-corrected chi connectivity index (χ0v) is 17.3. The van der Waals surface area contributed by atoms with Crippen molar-refractivity contribution in [2.45, 2.75) is 26.8 Å². The Balaban J connectivity index is 2.19. The van der Waals surface area contributed by atoms with Gasteiger partial charge in [0.2, 0.25) is 6.41 Å². The lowest BCUT2D eigenvalue weighted by molar-refractivity contribution is -0.116. The van der Waals surface area contributed by atoms with Gasteiger partial charge in [-0.2, -0.15) is 8.42 Å². The molecule has 1 amide bonds. The number of esters is 1. The molecule has 0 aliphatic heterocycles. The van der Waals surface area contributed by atoms with Crippen molar-refractivity contribution >= 4 is 28.3 Å². The molecule has 0 aliphatic rings. The number of nitrogens with zero attached hydrogens (tertiary/aromatic N) is 3. The third-order valence-electron chi connectivity index (χ3n) is 4.20. The highest BCUT2D eigenvalue weighted by atomic mass is 32.2. The quantitative estimate of drug-likeness (QED) is 0.341. The first-order chi connectivity index (χ1) is 14.1. The predicted molar refractivity (Wildman–Crippen MR) is 108 cm³/mol. The number of hydrogen-bond donors (Lipinski definition) is 2. The van der Waals surface area contributed by atoms with Gasteiger partial charge in [-0.15, -0.1) is 0 Å². The van der Waals surface area contributed by atoms with Crippen molar-refractivity contribution in [3.63, 3.8) is 0 Å². The summed E-state index contributed by atoms with van der Waals surface area (Å²) in [6.45, 7) is 2.57. The molecule has 2 rings (SSSR count). The largest absolute Gasteiger partial charge is 0.462 e. The number of benzene rings is 1.